The van der Waals surface area contributed by atoms with Gasteiger partial charge in [0.2, 0.25) is 5.91 Å². The van der Waals surface area contributed by atoms with E-state index < -0.39 is 0 Å². The average Bonchev–Trinajstić information content (AvgIpc) is 2.82. The summed E-state index contributed by atoms with van der Waals surface area (Å²) >= 11 is 0. The van der Waals surface area contributed by atoms with Crippen molar-refractivity contribution in [2.45, 2.75) is 32.4 Å². The van der Waals surface area contributed by atoms with Crippen LogP contribution in [0.4, 0.5) is 0 Å². The number of aryl methyl sites for hydroxylation is 1. The topological polar surface area (TPSA) is 56.1 Å². The fraction of sp³-hybridized carbons (Fsp3) is 0.500. The maximum Gasteiger partial charge on any atom is 0.226 e. The molecular weight excluding hydrogens is 266 g/mol. The number of carbonyl (C=O) groups is 1. The molecule has 1 saturated heterocycles. The van der Waals surface area contributed by atoms with E-state index in [0.29, 0.717) is 6.54 Å². The molecule has 112 valence electrons. The molecule has 0 bridgehead atoms. The summed E-state index contributed by atoms with van der Waals surface area (Å²) in [4.78, 5) is 16.8. The maximum atomic E-state index is 12.3. The summed E-state index contributed by atoms with van der Waals surface area (Å²) < 4.78 is 7.58. The molecule has 1 aromatic heterocycles. The largest absolute Gasteiger partial charge is 0.378 e. The number of carbonyl (C=O) groups excluding carboxylic acids is 1. The van der Waals surface area contributed by atoms with Gasteiger partial charge in [0, 0.05) is 13.7 Å². The van der Waals surface area contributed by atoms with E-state index in [9.17, 15) is 4.79 Å². The van der Waals surface area contributed by atoms with Gasteiger partial charge in [-0.2, -0.15) is 0 Å². The van der Waals surface area contributed by atoms with Crippen molar-refractivity contribution in [2.75, 3.05) is 6.61 Å². The molecule has 3 rings (SSSR count). The second kappa shape index (κ2) is 5.85. The molecule has 1 fully saturated rings. The van der Waals surface area contributed by atoms with Gasteiger partial charge in [0.25, 0.3) is 0 Å². The molecule has 0 aliphatic carbocycles. The zero-order valence-electron chi connectivity index (χ0n) is 12.5. The van der Waals surface area contributed by atoms with Crippen molar-refractivity contribution in [3.63, 3.8) is 0 Å². The van der Waals surface area contributed by atoms with Crippen LogP contribution >= 0.6 is 0 Å². The lowest BCUT2D eigenvalue weighted by molar-refractivity contribution is -0.133. The minimum absolute atomic E-state index is 0.000747. The van der Waals surface area contributed by atoms with Gasteiger partial charge < -0.3 is 14.6 Å². The standard InChI is InChI=1S/C16H21N3O2/c1-11-12(6-5-9-21-11)16(20)17-10-15-18-13-7-3-4-8-14(13)19(15)2/h3-4,7-8,11-12H,5-6,9-10H2,1-2H3,(H,17,20). The highest BCUT2D eigenvalue weighted by atomic mass is 16.5. The molecule has 1 aliphatic heterocycles. The molecule has 0 saturated carbocycles. The van der Waals surface area contributed by atoms with E-state index in [2.05, 4.69) is 10.3 Å². The molecule has 5 nitrogen and oxygen atoms in total. The highest BCUT2D eigenvalue weighted by Crippen LogP contribution is 2.21. The summed E-state index contributed by atoms with van der Waals surface area (Å²) in [6.07, 6.45) is 1.85. The number of fused-ring (bicyclic) bond motifs is 1. The van der Waals surface area contributed by atoms with Crippen molar-refractivity contribution >= 4 is 16.9 Å². The number of imidazole rings is 1. The molecule has 1 aromatic carbocycles. The first-order chi connectivity index (χ1) is 10.2. The number of para-hydroxylation sites is 2. The number of benzene rings is 1. The van der Waals surface area contributed by atoms with Gasteiger partial charge in [-0.1, -0.05) is 12.1 Å². The Morgan fingerprint density at radius 3 is 3.05 bits per heavy atom. The van der Waals surface area contributed by atoms with Gasteiger partial charge in [-0.3, -0.25) is 4.79 Å². The molecule has 2 unspecified atom stereocenters. The van der Waals surface area contributed by atoms with E-state index in [-0.39, 0.29) is 17.9 Å². The molecular formula is C16H21N3O2. The molecule has 2 atom stereocenters. The summed E-state index contributed by atoms with van der Waals surface area (Å²) in [5.74, 6) is 0.886. The summed E-state index contributed by atoms with van der Waals surface area (Å²) in [7, 11) is 1.98. The minimum atomic E-state index is -0.0477. The molecule has 0 spiro atoms. The van der Waals surface area contributed by atoms with Crippen LogP contribution in [0.5, 0.6) is 0 Å². The van der Waals surface area contributed by atoms with Crippen LogP contribution in [0.1, 0.15) is 25.6 Å². The summed E-state index contributed by atoms with van der Waals surface area (Å²) in [5, 5.41) is 3.00. The van der Waals surface area contributed by atoms with Crippen LogP contribution < -0.4 is 5.32 Å². The Morgan fingerprint density at radius 1 is 1.48 bits per heavy atom. The van der Waals surface area contributed by atoms with Crippen LogP contribution in [0.3, 0.4) is 0 Å². The third-order valence-electron chi connectivity index (χ3n) is 4.24. The molecule has 0 radical (unpaired) electrons. The fourth-order valence-electron chi connectivity index (χ4n) is 2.92. The van der Waals surface area contributed by atoms with Gasteiger partial charge in [-0.05, 0) is 31.9 Å². The van der Waals surface area contributed by atoms with Gasteiger partial charge >= 0.3 is 0 Å². The van der Waals surface area contributed by atoms with E-state index >= 15 is 0 Å². The van der Waals surface area contributed by atoms with Crippen LogP contribution in [0.2, 0.25) is 0 Å². The Balaban J connectivity index is 1.68. The predicted molar refractivity (Wildman–Crippen MR) is 80.7 cm³/mol. The Labute approximate surface area is 124 Å². The number of nitrogens with one attached hydrogen (secondary N) is 1. The molecule has 2 heterocycles. The van der Waals surface area contributed by atoms with Gasteiger partial charge in [-0.25, -0.2) is 4.98 Å². The number of nitrogens with zero attached hydrogens (tertiary/aromatic N) is 2. The van der Waals surface area contributed by atoms with Crippen LogP contribution in [0, 0.1) is 5.92 Å². The first-order valence-corrected chi connectivity index (χ1v) is 7.46. The Hall–Kier alpha value is -1.88. The van der Waals surface area contributed by atoms with Crippen molar-refractivity contribution in [2.24, 2.45) is 13.0 Å². The van der Waals surface area contributed by atoms with E-state index in [1.165, 1.54) is 0 Å². The zero-order valence-corrected chi connectivity index (χ0v) is 12.5. The second-order valence-corrected chi connectivity index (χ2v) is 5.62. The molecule has 1 aliphatic rings. The number of ether oxygens (including phenoxy) is 1. The van der Waals surface area contributed by atoms with Crippen molar-refractivity contribution < 1.29 is 9.53 Å². The Kier molecular flexibility index (Phi) is 3.92. The highest BCUT2D eigenvalue weighted by molar-refractivity contribution is 5.79. The SMILES string of the molecule is CC1OCCCC1C(=O)NCc1nc2ccccc2n1C. The maximum absolute atomic E-state index is 12.3. The van der Waals surface area contributed by atoms with Gasteiger partial charge in [0.1, 0.15) is 5.82 Å². The first-order valence-electron chi connectivity index (χ1n) is 7.46. The van der Waals surface area contributed by atoms with Gasteiger partial charge in [0.15, 0.2) is 0 Å². The van der Waals surface area contributed by atoms with Crippen molar-refractivity contribution in [1.82, 2.24) is 14.9 Å². The molecule has 1 amide bonds. The van der Waals surface area contributed by atoms with Crippen LogP contribution in [0.15, 0.2) is 24.3 Å². The number of aromatic nitrogens is 2. The predicted octanol–water partition coefficient (Wildman–Crippen LogP) is 2.00. The number of amides is 1. The normalized spacial score (nSPS) is 22.4. The van der Waals surface area contributed by atoms with Crippen molar-refractivity contribution in [1.29, 1.82) is 0 Å². The smallest absolute Gasteiger partial charge is 0.226 e. The van der Waals surface area contributed by atoms with E-state index in [1.54, 1.807) is 0 Å². The Bertz CT molecular complexity index is 650. The van der Waals surface area contributed by atoms with E-state index in [4.69, 9.17) is 4.74 Å². The quantitative estimate of drug-likeness (QED) is 0.939. The van der Waals surface area contributed by atoms with Gasteiger partial charge in [-0.15, -0.1) is 0 Å². The lowest BCUT2D eigenvalue weighted by Gasteiger charge is -2.27. The lowest BCUT2D eigenvalue weighted by Crippen LogP contribution is -2.40. The third-order valence-corrected chi connectivity index (χ3v) is 4.24. The summed E-state index contributed by atoms with van der Waals surface area (Å²) in [6, 6.07) is 7.98. The number of rotatable bonds is 3. The van der Waals surface area contributed by atoms with Crippen LogP contribution in [0.25, 0.3) is 11.0 Å². The average molecular weight is 287 g/mol. The van der Waals surface area contributed by atoms with Crippen molar-refractivity contribution in [3.8, 4) is 0 Å². The third kappa shape index (κ3) is 2.78. The number of hydrogen-bond acceptors (Lipinski definition) is 3. The van der Waals surface area contributed by atoms with E-state index in [1.807, 2.05) is 42.8 Å². The minimum Gasteiger partial charge on any atom is -0.378 e. The first kappa shape index (κ1) is 14.1. The summed E-state index contributed by atoms with van der Waals surface area (Å²) in [6.45, 7) is 3.18. The van der Waals surface area contributed by atoms with Crippen LogP contribution in [-0.2, 0) is 23.1 Å². The highest BCUT2D eigenvalue weighted by Gasteiger charge is 2.28. The molecule has 21 heavy (non-hydrogen) atoms. The van der Waals surface area contributed by atoms with E-state index in [0.717, 1.165) is 36.3 Å². The molecule has 5 heteroatoms. The monoisotopic (exact) mass is 287 g/mol. The number of hydrogen-bond donors (Lipinski definition) is 1. The fourth-order valence-corrected chi connectivity index (χ4v) is 2.92. The molecule has 1 N–H and O–H groups in total. The Morgan fingerprint density at radius 2 is 2.29 bits per heavy atom. The van der Waals surface area contributed by atoms with Gasteiger partial charge in [0.05, 0.1) is 29.6 Å². The van der Waals surface area contributed by atoms with Crippen molar-refractivity contribution in [3.05, 3.63) is 30.1 Å². The van der Waals surface area contributed by atoms with Crippen LogP contribution in [-0.4, -0.2) is 28.2 Å². The zero-order chi connectivity index (χ0) is 14.8. The lowest BCUT2D eigenvalue weighted by atomic mass is 9.94. The molecule has 2 aromatic rings. The second-order valence-electron chi connectivity index (χ2n) is 5.62. The summed E-state index contributed by atoms with van der Waals surface area (Å²) in [5.41, 5.74) is 2.04.